The van der Waals surface area contributed by atoms with Crippen LogP contribution in [0.1, 0.15) is 70.6 Å². The van der Waals surface area contributed by atoms with Crippen LogP contribution in [0.3, 0.4) is 0 Å². The van der Waals surface area contributed by atoms with Crippen molar-refractivity contribution in [2.24, 2.45) is 0 Å². The molecule has 2 atom stereocenters. The van der Waals surface area contributed by atoms with E-state index in [2.05, 4.69) is 5.32 Å². The van der Waals surface area contributed by atoms with Gasteiger partial charge >= 0.3 is 0 Å². The summed E-state index contributed by atoms with van der Waals surface area (Å²) in [5.41, 5.74) is 0. The summed E-state index contributed by atoms with van der Waals surface area (Å²) in [4.78, 5) is 0. The second kappa shape index (κ2) is 7.07. The molecule has 0 aromatic carbocycles. The lowest BCUT2D eigenvalue weighted by Crippen LogP contribution is -2.47. The molecule has 19 heavy (non-hydrogen) atoms. The lowest BCUT2D eigenvalue weighted by molar-refractivity contribution is 0.396. The fourth-order valence-corrected chi connectivity index (χ4v) is 6.52. The second-order valence-corrected chi connectivity index (χ2v) is 8.72. The van der Waals surface area contributed by atoms with Crippen molar-refractivity contribution in [1.29, 1.82) is 0 Å². The van der Waals surface area contributed by atoms with Gasteiger partial charge in [-0.1, -0.05) is 44.9 Å². The van der Waals surface area contributed by atoms with Gasteiger partial charge in [-0.25, -0.2) is 8.42 Å². The highest BCUT2D eigenvalue weighted by molar-refractivity contribution is 7.92. The van der Waals surface area contributed by atoms with E-state index in [0.29, 0.717) is 0 Å². The van der Waals surface area contributed by atoms with Crippen LogP contribution < -0.4 is 5.32 Å². The highest BCUT2D eigenvalue weighted by atomic mass is 32.2. The molecular formula is C15H29NO2S. The Kier molecular flexibility index (Phi) is 5.70. The molecule has 2 rings (SSSR count). The first-order valence-corrected chi connectivity index (χ1v) is 9.67. The van der Waals surface area contributed by atoms with Crippen LogP contribution in [-0.2, 0) is 9.84 Å². The van der Waals surface area contributed by atoms with Crippen LogP contribution >= 0.6 is 0 Å². The lowest BCUT2D eigenvalue weighted by atomic mass is 9.96. The maximum absolute atomic E-state index is 12.9. The van der Waals surface area contributed by atoms with Crippen LogP contribution in [0.25, 0.3) is 0 Å². The molecule has 0 aliphatic heterocycles. The second-order valence-electron chi connectivity index (χ2n) is 6.27. The van der Waals surface area contributed by atoms with Gasteiger partial charge < -0.3 is 5.32 Å². The molecule has 2 unspecified atom stereocenters. The molecule has 0 saturated heterocycles. The number of rotatable bonds is 3. The van der Waals surface area contributed by atoms with E-state index in [9.17, 15) is 8.42 Å². The first kappa shape index (κ1) is 15.3. The van der Waals surface area contributed by atoms with Gasteiger partial charge in [-0.15, -0.1) is 0 Å². The predicted molar refractivity (Wildman–Crippen MR) is 80.1 cm³/mol. The molecular weight excluding hydrogens is 258 g/mol. The zero-order chi connectivity index (χ0) is 13.7. The summed E-state index contributed by atoms with van der Waals surface area (Å²) in [5, 5.41) is 3.10. The summed E-state index contributed by atoms with van der Waals surface area (Å²) in [7, 11) is -1.02. The van der Waals surface area contributed by atoms with E-state index in [4.69, 9.17) is 0 Å². The molecule has 4 heteroatoms. The average Bonchev–Trinajstić information content (AvgIpc) is 2.39. The fourth-order valence-electron chi connectivity index (χ4n) is 3.81. The Bertz CT molecular complexity index is 360. The molecule has 0 radical (unpaired) electrons. The number of nitrogens with one attached hydrogen (secondary N) is 1. The third kappa shape index (κ3) is 3.72. The SMILES string of the molecule is CNC1CCCCCCC1S(=O)(=O)C1CCCCC1. The van der Waals surface area contributed by atoms with Crippen LogP contribution in [0.4, 0.5) is 0 Å². The van der Waals surface area contributed by atoms with Gasteiger partial charge in [-0.2, -0.15) is 0 Å². The summed E-state index contributed by atoms with van der Waals surface area (Å²) in [6, 6.07) is 0.173. The zero-order valence-electron chi connectivity index (χ0n) is 12.2. The summed E-state index contributed by atoms with van der Waals surface area (Å²) >= 11 is 0. The molecule has 2 saturated carbocycles. The highest BCUT2D eigenvalue weighted by Gasteiger charge is 2.38. The van der Waals surface area contributed by atoms with Crippen molar-refractivity contribution in [3.05, 3.63) is 0 Å². The quantitative estimate of drug-likeness (QED) is 0.868. The van der Waals surface area contributed by atoms with Gasteiger partial charge in [0.2, 0.25) is 0 Å². The molecule has 3 nitrogen and oxygen atoms in total. The molecule has 2 aliphatic rings. The summed E-state index contributed by atoms with van der Waals surface area (Å²) in [6.45, 7) is 0. The van der Waals surface area contributed by atoms with E-state index in [0.717, 1.165) is 44.9 Å². The molecule has 0 amide bonds. The smallest absolute Gasteiger partial charge is 0.157 e. The molecule has 0 bridgehead atoms. The van der Waals surface area contributed by atoms with Crippen molar-refractivity contribution < 1.29 is 8.42 Å². The minimum Gasteiger partial charge on any atom is -0.316 e. The Morgan fingerprint density at radius 3 is 1.95 bits per heavy atom. The van der Waals surface area contributed by atoms with Crippen LogP contribution in [0.5, 0.6) is 0 Å². The van der Waals surface area contributed by atoms with Gasteiger partial charge in [-0.05, 0) is 32.7 Å². The summed E-state index contributed by atoms with van der Waals surface area (Å²) < 4.78 is 25.9. The van der Waals surface area contributed by atoms with Crippen LogP contribution in [0, 0.1) is 0 Å². The highest BCUT2D eigenvalue weighted by Crippen LogP contribution is 2.31. The van der Waals surface area contributed by atoms with Gasteiger partial charge in [-0.3, -0.25) is 0 Å². The topological polar surface area (TPSA) is 46.2 Å². The third-order valence-electron chi connectivity index (χ3n) is 5.01. The Hall–Kier alpha value is -0.0900. The van der Waals surface area contributed by atoms with E-state index in [1.807, 2.05) is 7.05 Å². The van der Waals surface area contributed by atoms with Crippen molar-refractivity contribution >= 4 is 9.84 Å². The third-order valence-corrected chi connectivity index (χ3v) is 7.82. The standard InChI is InChI=1S/C15H29NO2S/c1-16-14-11-7-2-3-8-12-15(14)19(17,18)13-9-5-4-6-10-13/h13-16H,2-12H2,1H3. The van der Waals surface area contributed by atoms with E-state index in [-0.39, 0.29) is 16.5 Å². The molecule has 0 aromatic rings. The van der Waals surface area contributed by atoms with Gasteiger partial charge in [0, 0.05) is 6.04 Å². The minimum atomic E-state index is -2.95. The maximum atomic E-state index is 12.9. The van der Waals surface area contributed by atoms with E-state index in [1.165, 1.54) is 25.7 Å². The van der Waals surface area contributed by atoms with Crippen molar-refractivity contribution in [3.63, 3.8) is 0 Å². The van der Waals surface area contributed by atoms with Gasteiger partial charge in [0.05, 0.1) is 10.5 Å². The molecule has 0 spiro atoms. The predicted octanol–water partition coefficient (Wildman–Crippen LogP) is 3.04. The van der Waals surface area contributed by atoms with Crippen molar-refractivity contribution in [2.45, 2.75) is 87.2 Å². The molecule has 112 valence electrons. The van der Waals surface area contributed by atoms with Crippen molar-refractivity contribution in [3.8, 4) is 0 Å². The largest absolute Gasteiger partial charge is 0.316 e. The first-order chi connectivity index (χ1) is 9.16. The Labute approximate surface area is 118 Å². The van der Waals surface area contributed by atoms with Gasteiger partial charge in [0.1, 0.15) is 0 Å². The Balaban J connectivity index is 2.13. The van der Waals surface area contributed by atoms with Crippen LogP contribution in [0.2, 0.25) is 0 Å². The monoisotopic (exact) mass is 287 g/mol. The maximum Gasteiger partial charge on any atom is 0.157 e. The van der Waals surface area contributed by atoms with E-state index >= 15 is 0 Å². The number of hydrogen-bond donors (Lipinski definition) is 1. The lowest BCUT2D eigenvalue weighted by Gasteiger charge is -2.33. The molecule has 2 fully saturated rings. The zero-order valence-corrected chi connectivity index (χ0v) is 13.1. The summed E-state index contributed by atoms with van der Waals surface area (Å²) in [6.07, 6.45) is 11.8. The van der Waals surface area contributed by atoms with Crippen LogP contribution in [0.15, 0.2) is 0 Å². The first-order valence-electron chi connectivity index (χ1n) is 8.06. The number of hydrogen-bond acceptors (Lipinski definition) is 3. The van der Waals surface area contributed by atoms with Crippen LogP contribution in [-0.4, -0.2) is 32.0 Å². The van der Waals surface area contributed by atoms with Crippen molar-refractivity contribution in [1.82, 2.24) is 5.32 Å². The van der Waals surface area contributed by atoms with Crippen molar-refractivity contribution in [2.75, 3.05) is 7.05 Å². The molecule has 2 aliphatic carbocycles. The van der Waals surface area contributed by atoms with Gasteiger partial charge in [0.25, 0.3) is 0 Å². The van der Waals surface area contributed by atoms with E-state index < -0.39 is 9.84 Å². The van der Waals surface area contributed by atoms with E-state index in [1.54, 1.807) is 0 Å². The Morgan fingerprint density at radius 2 is 1.32 bits per heavy atom. The molecule has 0 heterocycles. The molecule has 1 N–H and O–H groups in total. The van der Waals surface area contributed by atoms with Gasteiger partial charge in [0.15, 0.2) is 9.84 Å². The average molecular weight is 287 g/mol. The number of sulfone groups is 1. The minimum absolute atomic E-state index is 0.0541. The fraction of sp³-hybridized carbons (Fsp3) is 1.00. The summed E-state index contributed by atoms with van der Waals surface area (Å²) in [5.74, 6) is 0. The Morgan fingerprint density at radius 1 is 0.789 bits per heavy atom. The molecule has 0 aromatic heterocycles. The normalized spacial score (nSPS) is 31.6.